The van der Waals surface area contributed by atoms with Crippen molar-refractivity contribution in [2.24, 2.45) is 0 Å². The van der Waals surface area contributed by atoms with Gasteiger partial charge >= 0.3 is 12.0 Å². The van der Waals surface area contributed by atoms with E-state index in [1.54, 1.807) is 7.05 Å². The molecule has 0 fully saturated rings. The van der Waals surface area contributed by atoms with Crippen LogP contribution in [0.4, 0.5) is 19.3 Å². The van der Waals surface area contributed by atoms with Gasteiger partial charge in [0.2, 0.25) is 0 Å². The Morgan fingerprint density at radius 2 is 1.86 bits per heavy atom. The molecule has 0 saturated carbocycles. The summed E-state index contributed by atoms with van der Waals surface area (Å²) in [5.41, 5.74) is -1.54. The molecule has 0 aromatic heterocycles. The summed E-state index contributed by atoms with van der Waals surface area (Å²) in [4.78, 5) is 24.2. The van der Waals surface area contributed by atoms with E-state index in [0.717, 1.165) is 6.07 Å². The predicted octanol–water partition coefficient (Wildman–Crippen LogP) is 3.32. The summed E-state index contributed by atoms with van der Waals surface area (Å²) >= 11 is 0. The molecule has 1 aromatic rings. The van der Waals surface area contributed by atoms with Crippen LogP contribution in [-0.4, -0.2) is 34.6 Å². The number of hydrogen-bond acceptors (Lipinski definition) is 2. The number of anilines is 1. The van der Waals surface area contributed by atoms with Crippen LogP contribution < -0.4 is 5.32 Å². The lowest BCUT2D eigenvalue weighted by atomic mass is 10.0. The molecule has 0 atom stereocenters. The summed E-state index contributed by atoms with van der Waals surface area (Å²) in [5.74, 6) is -3.76. The average Bonchev–Trinajstić information content (AvgIpc) is 2.40. The monoisotopic (exact) mass is 300 g/mol. The Labute approximate surface area is 121 Å². The molecule has 21 heavy (non-hydrogen) atoms. The van der Waals surface area contributed by atoms with Gasteiger partial charge in [-0.25, -0.2) is 18.4 Å². The molecule has 0 unspecified atom stereocenters. The van der Waals surface area contributed by atoms with Crippen molar-refractivity contribution in [2.45, 2.75) is 32.7 Å². The first-order valence-electron chi connectivity index (χ1n) is 6.37. The first kappa shape index (κ1) is 16.9. The van der Waals surface area contributed by atoms with Gasteiger partial charge in [-0.1, -0.05) is 6.92 Å². The van der Waals surface area contributed by atoms with E-state index >= 15 is 0 Å². The number of halogens is 2. The van der Waals surface area contributed by atoms with E-state index in [4.69, 9.17) is 5.11 Å². The molecule has 0 aliphatic heterocycles. The van der Waals surface area contributed by atoms with E-state index in [9.17, 15) is 18.4 Å². The Balaban J connectivity index is 3.06. The van der Waals surface area contributed by atoms with Gasteiger partial charge < -0.3 is 15.3 Å². The number of carbonyl (C=O) groups is 2. The molecule has 0 saturated heterocycles. The van der Waals surface area contributed by atoms with Gasteiger partial charge in [0.25, 0.3) is 0 Å². The highest BCUT2D eigenvalue weighted by Crippen LogP contribution is 2.22. The summed E-state index contributed by atoms with van der Waals surface area (Å²) in [6.07, 6.45) is 0.670. The molecule has 7 heteroatoms. The Bertz CT molecular complexity index is 574. The van der Waals surface area contributed by atoms with Crippen molar-refractivity contribution in [3.05, 3.63) is 29.3 Å². The van der Waals surface area contributed by atoms with Crippen molar-refractivity contribution in [3.63, 3.8) is 0 Å². The van der Waals surface area contributed by atoms with Crippen LogP contribution in [0.1, 0.15) is 37.6 Å². The van der Waals surface area contributed by atoms with Crippen molar-refractivity contribution in [2.75, 3.05) is 12.4 Å². The Hall–Kier alpha value is -2.18. The molecule has 0 aliphatic carbocycles. The fourth-order valence-electron chi connectivity index (χ4n) is 1.52. The van der Waals surface area contributed by atoms with Crippen molar-refractivity contribution >= 4 is 17.7 Å². The zero-order valence-electron chi connectivity index (χ0n) is 12.3. The highest BCUT2D eigenvalue weighted by molar-refractivity contribution is 5.93. The maximum absolute atomic E-state index is 13.6. The molecule has 0 radical (unpaired) electrons. The number of nitrogens with one attached hydrogen (secondary N) is 1. The van der Waals surface area contributed by atoms with Crippen LogP contribution in [0.2, 0.25) is 0 Å². The highest BCUT2D eigenvalue weighted by Gasteiger charge is 2.26. The number of urea groups is 1. The molecular formula is C14H18F2N2O3. The molecule has 1 rings (SSSR count). The fraction of sp³-hybridized carbons (Fsp3) is 0.429. The lowest BCUT2D eigenvalue weighted by Crippen LogP contribution is -2.46. The van der Waals surface area contributed by atoms with Gasteiger partial charge in [0.15, 0.2) is 0 Å². The molecule has 2 N–H and O–H groups in total. The van der Waals surface area contributed by atoms with E-state index in [-0.39, 0.29) is 5.69 Å². The number of benzene rings is 1. The van der Waals surface area contributed by atoms with Crippen LogP contribution in [0.25, 0.3) is 0 Å². The third kappa shape index (κ3) is 3.68. The molecule has 5 nitrogen and oxygen atoms in total. The number of aromatic carboxylic acids is 1. The summed E-state index contributed by atoms with van der Waals surface area (Å²) < 4.78 is 26.9. The van der Waals surface area contributed by atoms with Gasteiger partial charge in [0.1, 0.15) is 11.6 Å². The van der Waals surface area contributed by atoms with Crippen LogP contribution in [0.5, 0.6) is 0 Å². The van der Waals surface area contributed by atoms with E-state index < -0.39 is 34.7 Å². The maximum Gasteiger partial charge on any atom is 0.338 e. The third-order valence-electron chi connectivity index (χ3n) is 3.61. The van der Waals surface area contributed by atoms with E-state index in [2.05, 4.69) is 5.32 Å². The fourth-order valence-corrected chi connectivity index (χ4v) is 1.52. The number of amides is 2. The van der Waals surface area contributed by atoms with E-state index in [1.165, 1.54) is 4.90 Å². The van der Waals surface area contributed by atoms with Crippen LogP contribution in [0.3, 0.4) is 0 Å². The number of nitrogens with zero attached hydrogens (tertiary/aromatic N) is 1. The smallest absolute Gasteiger partial charge is 0.338 e. The highest BCUT2D eigenvalue weighted by atomic mass is 19.1. The minimum Gasteiger partial charge on any atom is -0.478 e. The van der Waals surface area contributed by atoms with Crippen molar-refractivity contribution in [3.8, 4) is 0 Å². The quantitative estimate of drug-likeness (QED) is 0.896. The zero-order chi connectivity index (χ0) is 16.4. The zero-order valence-corrected chi connectivity index (χ0v) is 12.3. The van der Waals surface area contributed by atoms with Gasteiger partial charge in [-0.2, -0.15) is 0 Å². The Morgan fingerprint density at radius 1 is 1.29 bits per heavy atom. The van der Waals surface area contributed by atoms with Crippen LogP contribution in [0, 0.1) is 11.6 Å². The van der Waals surface area contributed by atoms with Crippen LogP contribution in [0.15, 0.2) is 12.1 Å². The largest absolute Gasteiger partial charge is 0.478 e. The maximum atomic E-state index is 13.6. The molecule has 0 spiro atoms. The van der Waals surface area contributed by atoms with Crippen LogP contribution >= 0.6 is 0 Å². The molecule has 2 amide bonds. The number of carboxylic acid groups (broad SMARTS) is 1. The minimum absolute atomic E-state index is 0.377. The number of hydrogen-bond donors (Lipinski definition) is 2. The predicted molar refractivity (Wildman–Crippen MR) is 74.5 cm³/mol. The van der Waals surface area contributed by atoms with Crippen molar-refractivity contribution in [1.82, 2.24) is 4.90 Å². The summed E-state index contributed by atoms with van der Waals surface area (Å²) in [7, 11) is 1.54. The SMILES string of the molecule is CCC(C)(C)N(C)C(=O)Nc1cc(C(=O)O)c(F)cc1F. The topological polar surface area (TPSA) is 69.6 Å². The first-order valence-corrected chi connectivity index (χ1v) is 6.37. The average molecular weight is 300 g/mol. The molecule has 116 valence electrons. The Kier molecular flexibility index (Phi) is 4.88. The standard InChI is InChI=1S/C14H18F2N2O3/c1-5-14(2,3)18(4)13(21)17-11-6-8(12(19)20)9(15)7-10(11)16/h6-7H,5H2,1-4H3,(H,17,21)(H,19,20). The lowest BCUT2D eigenvalue weighted by Gasteiger charge is -2.34. The third-order valence-corrected chi connectivity index (χ3v) is 3.61. The van der Waals surface area contributed by atoms with Crippen LogP contribution in [-0.2, 0) is 0 Å². The Morgan fingerprint density at radius 3 is 2.33 bits per heavy atom. The number of carbonyl (C=O) groups excluding carboxylic acids is 1. The molecule has 1 aromatic carbocycles. The van der Waals surface area contributed by atoms with Gasteiger partial charge in [-0.3, -0.25) is 0 Å². The second kappa shape index (κ2) is 6.07. The first-order chi connectivity index (χ1) is 9.60. The molecule has 0 bridgehead atoms. The second-order valence-corrected chi connectivity index (χ2v) is 5.27. The minimum atomic E-state index is -1.54. The molecule has 0 heterocycles. The van der Waals surface area contributed by atoms with Crippen molar-refractivity contribution < 1.29 is 23.5 Å². The van der Waals surface area contributed by atoms with Gasteiger partial charge in [0.05, 0.1) is 11.3 Å². The second-order valence-electron chi connectivity index (χ2n) is 5.27. The normalized spacial score (nSPS) is 11.1. The lowest BCUT2D eigenvalue weighted by molar-refractivity contribution is 0.0691. The van der Waals surface area contributed by atoms with E-state index in [1.807, 2.05) is 20.8 Å². The summed E-state index contributed by atoms with van der Waals surface area (Å²) in [6.45, 7) is 5.55. The molecule has 0 aliphatic rings. The van der Waals surface area contributed by atoms with Gasteiger partial charge in [0, 0.05) is 18.7 Å². The van der Waals surface area contributed by atoms with E-state index in [0.29, 0.717) is 12.5 Å². The van der Waals surface area contributed by atoms with Gasteiger partial charge in [-0.05, 0) is 26.3 Å². The summed E-state index contributed by atoms with van der Waals surface area (Å²) in [6, 6.07) is 0.588. The summed E-state index contributed by atoms with van der Waals surface area (Å²) in [5, 5.41) is 11.1. The van der Waals surface area contributed by atoms with Crippen molar-refractivity contribution in [1.29, 1.82) is 0 Å². The number of carboxylic acids is 1. The van der Waals surface area contributed by atoms with Gasteiger partial charge in [-0.15, -0.1) is 0 Å². The molecular weight excluding hydrogens is 282 g/mol. The number of rotatable bonds is 4.